The lowest BCUT2D eigenvalue weighted by Crippen LogP contribution is -2.37. The SMILES string of the molecule is C=CCOc1cccc(/C=N/NC(=O)C(=O)NCc2ccc(Cl)cc2)c1. The summed E-state index contributed by atoms with van der Waals surface area (Å²) in [5.41, 5.74) is 3.72. The smallest absolute Gasteiger partial charge is 0.329 e. The lowest BCUT2D eigenvalue weighted by Gasteiger charge is -2.05. The number of carbonyl (C=O) groups excluding carboxylic acids is 2. The van der Waals surface area contributed by atoms with E-state index in [1.165, 1.54) is 6.21 Å². The number of hydrogen-bond donors (Lipinski definition) is 2. The number of hydrogen-bond acceptors (Lipinski definition) is 4. The van der Waals surface area contributed by atoms with Crippen molar-refractivity contribution in [3.63, 3.8) is 0 Å². The van der Waals surface area contributed by atoms with Crippen molar-refractivity contribution < 1.29 is 14.3 Å². The maximum Gasteiger partial charge on any atom is 0.329 e. The molecule has 0 atom stereocenters. The number of benzene rings is 2. The van der Waals surface area contributed by atoms with E-state index in [9.17, 15) is 9.59 Å². The molecule has 6 nitrogen and oxygen atoms in total. The van der Waals surface area contributed by atoms with Gasteiger partial charge in [0, 0.05) is 11.6 Å². The first-order valence-electron chi connectivity index (χ1n) is 7.78. The van der Waals surface area contributed by atoms with Gasteiger partial charge in [-0.15, -0.1) is 0 Å². The normalized spacial score (nSPS) is 10.3. The van der Waals surface area contributed by atoms with Crippen LogP contribution in [0.3, 0.4) is 0 Å². The molecule has 134 valence electrons. The lowest BCUT2D eigenvalue weighted by molar-refractivity contribution is -0.139. The second kappa shape index (κ2) is 10.0. The molecule has 2 N–H and O–H groups in total. The molecule has 0 saturated carbocycles. The highest BCUT2D eigenvalue weighted by molar-refractivity contribution is 6.35. The molecule has 26 heavy (non-hydrogen) atoms. The van der Waals surface area contributed by atoms with E-state index in [0.717, 1.165) is 5.56 Å². The first-order valence-corrected chi connectivity index (χ1v) is 8.15. The Hall–Kier alpha value is -3.12. The summed E-state index contributed by atoms with van der Waals surface area (Å²) in [6, 6.07) is 14.1. The van der Waals surface area contributed by atoms with E-state index in [2.05, 4.69) is 22.4 Å². The zero-order valence-electron chi connectivity index (χ0n) is 13.9. The van der Waals surface area contributed by atoms with Gasteiger partial charge in [-0.2, -0.15) is 5.10 Å². The Morgan fingerprint density at radius 2 is 1.92 bits per heavy atom. The Morgan fingerprint density at radius 1 is 1.15 bits per heavy atom. The molecule has 2 rings (SSSR count). The third kappa shape index (κ3) is 6.41. The summed E-state index contributed by atoms with van der Waals surface area (Å²) >= 11 is 5.79. The van der Waals surface area contributed by atoms with E-state index in [1.54, 1.807) is 54.6 Å². The summed E-state index contributed by atoms with van der Waals surface area (Å²) in [6.45, 7) is 4.19. The van der Waals surface area contributed by atoms with Gasteiger partial charge in [-0.05, 0) is 35.4 Å². The summed E-state index contributed by atoms with van der Waals surface area (Å²) < 4.78 is 5.40. The fraction of sp³-hybridized carbons (Fsp3) is 0.105. The van der Waals surface area contributed by atoms with Gasteiger partial charge in [-0.1, -0.05) is 48.5 Å². The van der Waals surface area contributed by atoms with Gasteiger partial charge in [0.25, 0.3) is 0 Å². The van der Waals surface area contributed by atoms with Gasteiger partial charge in [-0.3, -0.25) is 9.59 Å². The fourth-order valence-electron chi connectivity index (χ4n) is 1.92. The summed E-state index contributed by atoms with van der Waals surface area (Å²) in [4.78, 5) is 23.5. The molecule has 0 saturated heterocycles. The van der Waals surface area contributed by atoms with Crippen LogP contribution in [0, 0.1) is 0 Å². The van der Waals surface area contributed by atoms with Crippen molar-refractivity contribution in [2.75, 3.05) is 6.61 Å². The Balaban J connectivity index is 1.81. The second-order valence-electron chi connectivity index (χ2n) is 5.18. The van der Waals surface area contributed by atoms with E-state index in [4.69, 9.17) is 16.3 Å². The van der Waals surface area contributed by atoms with Gasteiger partial charge in [0.05, 0.1) is 6.21 Å². The minimum atomic E-state index is -0.853. The molecule has 0 aliphatic rings. The molecule has 2 amide bonds. The Bertz CT molecular complexity index is 804. The minimum Gasteiger partial charge on any atom is -0.490 e. The Morgan fingerprint density at radius 3 is 2.65 bits per heavy atom. The van der Waals surface area contributed by atoms with E-state index >= 15 is 0 Å². The molecular formula is C19H18ClN3O3. The van der Waals surface area contributed by atoms with Crippen LogP contribution in [0.25, 0.3) is 0 Å². The van der Waals surface area contributed by atoms with Crippen molar-refractivity contribution in [2.24, 2.45) is 5.10 Å². The molecule has 0 heterocycles. The van der Waals surface area contributed by atoms with Gasteiger partial charge in [-0.25, -0.2) is 5.43 Å². The quantitative estimate of drug-likeness (QED) is 0.340. The molecular weight excluding hydrogens is 354 g/mol. The van der Waals surface area contributed by atoms with Crippen molar-refractivity contribution in [1.82, 2.24) is 10.7 Å². The molecule has 0 bridgehead atoms. The summed E-state index contributed by atoms with van der Waals surface area (Å²) in [5, 5.41) is 6.88. The number of hydrazone groups is 1. The maximum atomic E-state index is 11.7. The molecule has 0 unspecified atom stereocenters. The number of carbonyl (C=O) groups is 2. The van der Waals surface area contributed by atoms with Crippen LogP contribution in [0.1, 0.15) is 11.1 Å². The Labute approximate surface area is 156 Å². The maximum absolute atomic E-state index is 11.7. The fourth-order valence-corrected chi connectivity index (χ4v) is 2.05. The van der Waals surface area contributed by atoms with E-state index < -0.39 is 11.8 Å². The predicted molar refractivity (Wildman–Crippen MR) is 101 cm³/mol. The number of halogens is 1. The molecule has 0 fully saturated rings. The van der Waals surface area contributed by atoms with Crippen molar-refractivity contribution in [3.05, 3.63) is 77.3 Å². The van der Waals surface area contributed by atoms with Crippen LogP contribution in [0.15, 0.2) is 66.3 Å². The summed E-state index contributed by atoms with van der Waals surface area (Å²) in [7, 11) is 0. The van der Waals surface area contributed by atoms with Gasteiger partial charge >= 0.3 is 11.8 Å². The summed E-state index contributed by atoms with van der Waals surface area (Å²) in [5.74, 6) is -0.977. The van der Waals surface area contributed by atoms with Crippen LogP contribution in [-0.2, 0) is 16.1 Å². The largest absolute Gasteiger partial charge is 0.490 e. The Kier molecular flexibility index (Phi) is 7.39. The van der Waals surface area contributed by atoms with Crippen molar-refractivity contribution in [3.8, 4) is 5.75 Å². The average Bonchev–Trinajstić information content (AvgIpc) is 2.66. The van der Waals surface area contributed by atoms with Crippen LogP contribution in [0.5, 0.6) is 5.75 Å². The van der Waals surface area contributed by atoms with Crippen LogP contribution in [0.4, 0.5) is 0 Å². The topological polar surface area (TPSA) is 79.8 Å². The average molecular weight is 372 g/mol. The van der Waals surface area contributed by atoms with E-state index in [1.807, 2.05) is 0 Å². The molecule has 7 heteroatoms. The molecule has 0 aliphatic heterocycles. The summed E-state index contributed by atoms with van der Waals surface area (Å²) in [6.07, 6.45) is 3.06. The minimum absolute atomic E-state index is 0.218. The molecule has 2 aromatic carbocycles. The lowest BCUT2D eigenvalue weighted by atomic mass is 10.2. The third-order valence-corrected chi connectivity index (χ3v) is 3.43. The van der Waals surface area contributed by atoms with Crippen LogP contribution in [0.2, 0.25) is 5.02 Å². The number of amides is 2. The van der Waals surface area contributed by atoms with Crippen molar-refractivity contribution in [2.45, 2.75) is 6.54 Å². The number of nitrogens with zero attached hydrogens (tertiary/aromatic N) is 1. The first-order chi connectivity index (χ1) is 12.6. The van der Waals surface area contributed by atoms with Gasteiger partial charge in [0.2, 0.25) is 0 Å². The molecule has 0 spiro atoms. The number of ether oxygens (including phenoxy) is 1. The third-order valence-electron chi connectivity index (χ3n) is 3.18. The highest BCUT2D eigenvalue weighted by Gasteiger charge is 2.11. The highest BCUT2D eigenvalue weighted by Crippen LogP contribution is 2.12. The monoisotopic (exact) mass is 371 g/mol. The van der Waals surface area contributed by atoms with Gasteiger partial charge in [0.1, 0.15) is 12.4 Å². The zero-order valence-corrected chi connectivity index (χ0v) is 14.7. The predicted octanol–water partition coefficient (Wildman–Crippen LogP) is 2.67. The van der Waals surface area contributed by atoms with Crippen LogP contribution in [-0.4, -0.2) is 24.6 Å². The number of nitrogens with one attached hydrogen (secondary N) is 2. The van der Waals surface area contributed by atoms with Crippen LogP contribution >= 0.6 is 11.6 Å². The van der Waals surface area contributed by atoms with E-state index in [-0.39, 0.29) is 6.54 Å². The van der Waals surface area contributed by atoms with E-state index in [0.29, 0.717) is 22.9 Å². The molecule has 2 aromatic rings. The zero-order chi connectivity index (χ0) is 18.8. The standard InChI is InChI=1S/C19H18ClN3O3/c1-2-10-26-17-5-3-4-15(11-17)13-22-23-19(25)18(24)21-12-14-6-8-16(20)9-7-14/h2-9,11,13H,1,10,12H2,(H,21,24)(H,23,25)/b22-13+. The number of rotatable bonds is 7. The van der Waals surface area contributed by atoms with Crippen molar-refractivity contribution >= 4 is 29.6 Å². The van der Waals surface area contributed by atoms with Gasteiger partial charge in [0.15, 0.2) is 0 Å². The molecule has 0 aliphatic carbocycles. The molecule has 0 aromatic heterocycles. The first kappa shape index (κ1) is 19.2. The van der Waals surface area contributed by atoms with Gasteiger partial charge < -0.3 is 10.1 Å². The highest BCUT2D eigenvalue weighted by atomic mass is 35.5. The van der Waals surface area contributed by atoms with Crippen molar-refractivity contribution in [1.29, 1.82) is 0 Å². The van der Waals surface area contributed by atoms with Crippen LogP contribution < -0.4 is 15.5 Å². The second-order valence-corrected chi connectivity index (χ2v) is 5.62. The molecule has 0 radical (unpaired) electrons.